The summed E-state index contributed by atoms with van der Waals surface area (Å²) in [4.78, 5) is 0. The quantitative estimate of drug-likeness (QED) is 0.354. The van der Waals surface area contributed by atoms with Crippen molar-refractivity contribution >= 4 is 8.41 Å². The molecule has 0 N–H and O–H groups in total. The molecule has 0 spiro atoms. The van der Waals surface area contributed by atoms with Gasteiger partial charge in [-0.15, -0.1) is 0 Å². The van der Waals surface area contributed by atoms with Crippen LogP contribution in [0.5, 0.6) is 0 Å². The number of ether oxygens (including phenoxy) is 1. The van der Waals surface area contributed by atoms with Crippen LogP contribution in [0.1, 0.15) is 82.1 Å². The molecule has 0 aromatic carbocycles. The van der Waals surface area contributed by atoms with Gasteiger partial charge in [-0.3, -0.25) is 0 Å². The van der Waals surface area contributed by atoms with Crippen molar-refractivity contribution in [3.8, 4) is 0 Å². The number of hydrogen-bond donors (Lipinski definition) is 0. The Hall–Kier alpha value is 1.38. The van der Waals surface area contributed by atoms with Crippen LogP contribution in [0, 0.1) is 100 Å². The Morgan fingerprint density at radius 2 is 0.556 bits per heavy atom. The molecule has 0 atom stereocenters. The van der Waals surface area contributed by atoms with Crippen LogP contribution in [0.25, 0.3) is 0 Å². The summed E-state index contributed by atoms with van der Waals surface area (Å²) in [5, 5.41) is 0. The van der Waals surface area contributed by atoms with Gasteiger partial charge in [0.2, 0.25) is 0 Å². The average molecular weight is 498 g/mol. The van der Waals surface area contributed by atoms with Crippen molar-refractivity contribution in [2.45, 2.75) is 82.1 Å². The summed E-state index contributed by atoms with van der Waals surface area (Å²) in [6.45, 7) is 24.0. The van der Waals surface area contributed by atoms with E-state index in [0.717, 1.165) is 13.2 Å². The zero-order valence-corrected chi connectivity index (χ0v) is 22.5. The smallest absolute Gasteiger partial charge is 1.00 e. The molecule has 145 valence electrons. The molecule has 3 rings (SSSR count). The molecule has 3 aliphatic rings. The van der Waals surface area contributed by atoms with Gasteiger partial charge >= 0.3 is 40.8 Å². The van der Waals surface area contributed by atoms with Gasteiger partial charge in [0.15, 0.2) is 0 Å². The van der Waals surface area contributed by atoms with E-state index in [1.165, 1.54) is 72.0 Å². The van der Waals surface area contributed by atoms with Gasteiger partial charge in [0.25, 0.3) is 0 Å². The van der Waals surface area contributed by atoms with E-state index in [0.29, 0.717) is 0 Å². The predicted molar refractivity (Wildman–Crippen MR) is 115 cm³/mol. The average Bonchev–Trinajstić information content (AvgIpc) is 3.29. The molecule has 2 aliphatic carbocycles. The van der Waals surface area contributed by atoms with Gasteiger partial charge in [0, 0.05) is 13.2 Å². The summed E-state index contributed by atoms with van der Waals surface area (Å²) in [5.41, 5.74) is 0. The SMILES string of the molecule is C1CCOC1.C[C]1[C](C)[C](C)[C](C)[C]1C.C[C]1[C](C)[C](C)[C](C)[C]1C.[B-].[Nd+3]. The molecule has 15 radical (unpaired) electrons. The van der Waals surface area contributed by atoms with Crippen LogP contribution in [0.3, 0.4) is 0 Å². The van der Waals surface area contributed by atoms with E-state index in [2.05, 4.69) is 69.2 Å². The topological polar surface area (TPSA) is 9.23 Å². The summed E-state index contributed by atoms with van der Waals surface area (Å²) in [7, 11) is 0. The largest absolute Gasteiger partial charge is 3.00 e. The molecule has 3 heteroatoms. The molecule has 2 saturated carbocycles. The molecular weight excluding hydrogens is 459 g/mol. The Bertz CT molecular complexity index is 246. The van der Waals surface area contributed by atoms with Gasteiger partial charge in [-0.1, -0.05) is 69.2 Å². The van der Waals surface area contributed by atoms with Crippen molar-refractivity contribution in [1.29, 1.82) is 0 Å². The molecule has 0 unspecified atom stereocenters. The van der Waals surface area contributed by atoms with Crippen molar-refractivity contribution < 1.29 is 45.6 Å². The Kier molecular flexibility index (Phi) is 16.3. The van der Waals surface area contributed by atoms with E-state index < -0.39 is 0 Å². The maximum Gasteiger partial charge on any atom is 3.00 e. The molecule has 0 amide bonds. The van der Waals surface area contributed by atoms with Crippen molar-refractivity contribution in [3.05, 3.63) is 59.2 Å². The fraction of sp³-hybridized carbons (Fsp3) is 0.583. The molecule has 1 aliphatic heterocycles. The molecule has 1 nitrogen and oxygen atoms in total. The van der Waals surface area contributed by atoms with Crippen molar-refractivity contribution in [1.82, 2.24) is 0 Å². The number of hydrogen-bond acceptors (Lipinski definition) is 1. The van der Waals surface area contributed by atoms with Crippen molar-refractivity contribution in [2.75, 3.05) is 13.2 Å². The summed E-state index contributed by atoms with van der Waals surface area (Å²) >= 11 is 0. The van der Waals surface area contributed by atoms with Crippen LogP contribution in [0.4, 0.5) is 0 Å². The standard InChI is InChI=1S/2C10H15.C4H8O.B.Nd/c2*1-6-7(2)9(4)10(5)8(6)3;1-2-4-5-3-1;;/h2*1-5H3;1-4H2;;/q;;;-1;+3. The zero-order valence-electron chi connectivity index (χ0n) is 19.3. The normalized spacial score (nSPS) is 25.6. The van der Waals surface area contributed by atoms with Gasteiger partial charge in [0.1, 0.15) is 0 Å². The zero-order chi connectivity index (χ0) is 19.3. The van der Waals surface area contributed by atoms with Crippen LogP contribution >= 0.6 is 0 Å². The maximum atomic E-state index is 4.94. The maximum absolute atomic E-state index is 4.94. The summed E-state index contributed by atoms with van der Waals surface area (Å²) in [5.74, 6) is 14.7. The molecular formula is C24H38BNdO+2. The third kappa shape index (κ3) is 8.20. The van der Waals surface area contributed by atoms with E-state index in [1.807, 2.05) is 0 Å². The fourth-order valence-electron chi connectivity index (χ4n) is 3.32. The van der Waals surface area contributed by atoms with Crippen LogP contribution in [0.2, 0.25) is 0 Å². The summed E-state index contributed by atoms with van der Waals surface area (Å²) in [6, 6.07) is 0. The van der Waals surface area contributed by atoms with Crippen LogP contribution in [0.15, 0.2) is 0 Å². The van der Waals surface area contributed by atoms with Gasteiger partial charge < -0.3 is 13.1 Å². The van der Waals surface area contributed by atoms with Crippen LogP contribution in [-0.2, 0) is 4.74 Å². The third-order valence-corrected chi connectivity index (χ3v) is 6.45. The molecule has 3 fully saturated rings. The Morgan fingerprint density at radius 3 is 0.630 bits per heavy atom. The first-order chi connectivity index (χ1) is 11.6. The molecule has 1 heterocycles. The van der Waals surface area contributed by atoms with Gasteiger partial charge in [0.05, 0.1) is 0 Å². The van der Waals surface area contributed by atoms with E-state index in [9.17, 15) is 0 Å². The Labute approximate surface area is 207 Å². The van der Waals surface area contributed by atoms with Gasteiger partial charge in [-0.25, -0.2) is 0 Å². The molecule has 0 aromatic rings. The first-order valence-electron chi connectivity index (χ1n) is 9.58. The summed E-state index contributed by atoms with van der Waals surface area (Å²) in [6.07, 6.45) is 2.56. The second-order valence-electron chi connectivity index (χ2n) is 7.57. The third-order valence-electron chi connectivity index (χ3n) is 6.45. The van der Waals surface area contributed by atoms with E-state index in [-0.39, 0.29) is 49.3 Å². The van der Waals surface area contributed by atoms with Crippen molar-refractivity contribution in [3.63, 3.8) is 0 Å². The predicted octanol–water partition coefficient (Wildman–Crippen LogP) is 6.36. The molecule has 0 aromatic heterocycles. The minimum atomic E-state index is 0. The van der Waals surface area contributed by atoms with Crippen LogP contribution < -0.4 is 0 Å². The minimum Gasteiger partial charge on any atom is -1.00 e. The van der Waals surface area contributed by atoms with Gasteiger partial charge in [-0.05, 0) is 72.0 Å². The van der Waals surface area contributed by atoms with Crippen molar-refractivity contribution in [2.24, 2.45) is 0 Å². The van der Waals surface area contributed by atoms with E-state index in [4.69, 9.17) is 4.74 Å². The second kappa shape index (κ2) is 14.4. The molecule has 1 saturated heterocycles. The number of rotatable bonds is 0. The first kappa shape index (κ1) is 30.6. The molecule has 0 bridgehead atoms. The van der Waals surface area contributed by atoms with Crippen LogP contribution in [-0.4, -0.2) is 21.6 Å². The molecule has 27 heavy (non-hydrogen) atoms. The minimum absolute atomic E-state index is 0. The monoisotopic (exact) mass is 495 g/mol. The second-order valence-corrected chi connectivity index (χ2v) is 7.57. The fourth-order valence-corrected chi connectivity index (χ4v) is 3.32. The summed E-state index contributed by atoms with van der Waals surface area (Å²) < 4.78 is 4.94. The first-order valence-corrected chi connectivity index (χ1v) is 9.58. The Balaban J connectivity index is 0. The van der Waals surface area contributed by atoms with E-state index >= 15 is 0 Å². The van der Waals surface area contributed by atoms with E-state index in [1.54, 1.807) is 0 Å². The Morgan fingerprint density at radius 1 is 0.407 bits per heavy atom. The van der Waals surface area contributed by atoms with Gasteiger partial charge in [-0.2, -0.15) is 0 Å².